The van der Waals surface area contributed by atoms with Crippen LogP contribution >= 0.6 is 11.8 Å². The van der Waals surface area contributed by atoms with Crippen molar-refractivity contribution in [2.75, 3.05) is 32.4 Å². The molecule has 0 aromatic rings. The van der Waals surface area contributed by atoms with Crippen LogP contribution in [0.2, 0.25) is 0 Å². The van der Waals surface area contributed by atoms with Gasteiger partial charge < -0.3 is 10.2 Å². The Kier molecular flexibility index (Phi) is 9.08. The van der Waals surface area contributed by atoms with Gasteiger partial charge in [0.25, 0.3) is 0 Å². The molecule has 0 aliphatic heterocycles. The molecule has 0 aromatic heterocycles. The molecule has 0 fully saturated rings. The van der Waals surface area contributed by atoms with Gasteiger partial charge in [-0.1, -0.05) is 0 Å². The molecule has 0 saturated carbocycles. The highest BCUT2D eigenvalue weighted by Gasteiger charge is 2.27. The van der Waals surface area contributed by atoms with Gasteiger partial charge in [0.15, 0.2) is 0 Å². The zero-order valence-corrected chi connectivity index (χ0v) is 11.6. The Morgan fingerprint density at radius 2 is 1.82 bits per heavy atom. The van der Waals surface area contributed by atoms with E-state index in [9.17, 15) is 13.2 Å². The molecule has 2 nitrogen and oxygen atoms in total. The number of hydrogen-bond acceptors (Lipinski definition) is 3. The van der Waals surface area contributed by atoms with Gasteiger partial charge in [-0.3, -0.25) is 0 Å². The smallest absolute Gasteiger partial charge is 0.316 e. The van der Waals surface area contributed by atoms with Gasteiger partial charge >= 0.3 is 5.51 Å². The quantitative estimate of drug-likeness (QED) is 0.650. The van der Waals surface area contributed by atoms with E-state index < -0.39 is 5.51 Å². The molecule has 0 bridgehead atoms. The lowest BCUT2D eigenvalue weighted by Gasteiger charge is -2.20. The summed E-state index contributed by atoms with van der Waals surface area (Å²) in [6.07, 6.45) is 2.09. The number of nitrogens with one attached hydrogen (secondary N) is 1. The summed E-state index contributed by atoms with van der Waals surface area (Å²) >= 11 is 0.0354. The lowest BCUT2D eigenvalue weighted by Crippen LogP contribution is -2.28. The molecule has 0 unspecified atom stereocenters. The second-order valence-electron chi connectivity index (χ2n) is 4.33. The first-order valence-electron chi connectivity index (χ1n) is 5.94. The number of rotatable bonds is 9. The summed E-state index contributed by atoms with van der Waals surface area (Å²) in [5.74, 6) is 0.0927. The predicted molar refractivity (Wildman–Crippen MR) is 68.4 cm³/mol. The average Bonchev–Trinajstić information content (AvgIpc) is 2.19. The molecule has 0 radical (unpaired) electrons. The summed E-state index contributed by atoms with van der Waals surface area (Å²) < 4.78 is 35.3. The Balaban J connectivity index is 3.19. The van der Waals surface area contributed by atoms with E-state index in [0.29, 0.717) is 12.6 Å². The molecule has 0 aromatic carbocycles. The first-order chi connectivity index (χ1) is 7.83. The van der Waals surface area contributed by atoms with Crippen LogP contribution in [0.25, 0.3) is 0 Å². The molecule has 17 heavy (non-hydrogen) atoms. The second kappa shape index (κ2) is 9.05. The fraction of sp³-hybridized carbons (Fsp3) is 1.00. The van der Waals surface area contributed by atoms with Crippen molar-refractivity contribution >= 4 is 11.8 Å². The molecule has 104 valence electrons. The zero-order chi connectivity index (χ0) is 13.3. The van der Waals surface area contributed by atoms with Gasteiger partial charge in [-0.2, -0.15) is 13.2 Å². The molecular formula is C11H23F3N2S. The summed E-state index contributed by atoms with van der Waals surface area (Å²) in [7, 11) is 2.08. The minimum Gasteiger partial charge on any atom is -0.316 e. The lowest BCUT2D eigenvalue weighted by molar-refractivity contribution is -0.0327. The van der Waals surface area contributed by atoms with Crippen LogP contribution in [-0.4, -0.2) is 48.9 Å². The Bertz CT molecular complexity index is 186. The SMILES string of the molecule is CC(C)N(C)CCCCNCCSC(F)(F)F. The fourth-order valence-electron chi connectivity index (χ4n) is 1.23. The third-order valence-corrected chi connectivity index (χ3v) is 3.28. The molecule has 0 heterocycles. The first kappa shape index (κ1) is 17.1. The van der Waals surface area contributed by atoms with Gasteiger partial charge in [-0.05, 0) is 58.6 Å². The fourth-order valence-corrected chi connectivity index (χ4v) is 1.71. The van der Waals surface area contributed by atoms with Crippen LogP contribution in [-0.2, 0) is 0 Å². The molecule has 1 N–H and O–H groups in total. The van der Waals surface area contributed by atoms with Gasteiger partial charge in [-0.15, -0.1) is 0 Å². The molecule has 6 heteroatoms. The van der Waals surface area contributed by atoms with Crippen molar-refractivity contribution < 1.29 is 13.2 Å². The summed E-state index contributed by atoms with van der Waals surface area (Å²) in [5.41, 5.74) is -4.10. The minimum atomic E-state index is -4.10. The van der Waals surface area contributed by atoms with E-state index in [1.54, 1.807) is 0 Å². The number of hydrogen-bond donors (Lipinski definition) is 1. The Hall–Kier alpha value is 0.0600. The van der Waals surface area contributed by atoms with E-state index in [1.807, 2.05) is 0 Å². The maximum Gasteiger partial charge on any atom is 0.441 e. The third-order valence-electron chi connectivity index (χ3n) is 2.54. The molecule has 0 spiro atoms. The largest absolute Gasteiger partial charge is 0.441 e. The number of thioether (sulfide) groups is 1. The highest BCUT2D eigenvalue weighted by Crippen LogP contribution is 2.29. The Morgan fingerprint density at radius 1 is 1.18 bits per heavy atom. The molecule has 0 aliphatic carbocycles. The number of unbranched alkanes of at least 4 members (excludes halogenated alkanes) is 1. The van der Waals surface area contributed by atoms with E-state index in [0.717, 1.165) is 25.9 Å². The van der Waals surface area contributed by atoms with Gasteiger partial charge in [-0.25, -0.2) is 0 Å². The van der Waals surface area contributed by atoms with E-state index in [2.05, 4.69) is 31.1 Å². The molecule has 0 rings (SSSR count). The van der Waals surface area contributed by atoms with Crippen LogP contribution in [0.1, 0.15) is 26.7 Å². The number of nitrogens with zero attached hydrogens (tertiary/aromatic N) is 1. The van der Waals surface area contributed by atoms with Crippen LogP contribution in [0.4, 0.5) is 13.2 Å². The van der Waals surface area contributed by atoms with Gasteiger partial charge in [0.05, 0.1) is 0 Å². The van der Waals surface area contributed by atoms with Crippen LogP contribution < -0.4 is 5.32 Å². The van der Waals surface area contributed by atoms with Gasteiger partial charge in [0.2, 0.25) is 0 Å². The monoisotopic (exact) mass is 272 g/mol. The van der Waals surface area contributed by atoms with Crippen molar-refractivity contribution in [3.05, 3.63) is 0 Å². The third kappa shape index (κ3) is 12.3. The van der Waals surface area contributed by atoms with E-state index in [-0.39, 0.29) is 17.5 Å². The van der Waals surface area contributed by atoms with Crippen LogP contribution in [0.15, 0.2) is 0 Å². The maximum atomic E-state index is 11.8. The maximum absolute atomic E-state index is 11.8. The second-order valence-corrected chi connectivity index (χ2v) is 5.49. The van der Waals surface area contributed by atoms with Crippen molar-refractivity contribution in [3.63, 3.8) is 0 Å². The van der Waals surface area contributed by atoms with Crippen molar-refractivity contribution in [2.45, 2.75) is 38.2 Å². The number of alkyl halides is 3. The highest BCUT2D eigenvalue weighted by atomic mass is 32.2. The van der Waals surface area contributed by atoms with Crippen LogP contribution in [0.5, 0.6) is 0 Å². The summed E-state index contributed by atoms with van der Waals surface area (Å²) in [6.45, 7) is 6.55. The summed E-state index contributed by atoms with van der Waals surface area (Å²) in [4.78, 5) is 2.26. The topological polar surface area (TPSA) is 15.3 Å². The zero-order valence-electron chi connectivity index (χ0n) is 10.8. The Morgan fingerprint density at radius 3 is 2.35 bits per heavy atom. The summed E-state index contributed by atoms with van der Waals surface area (Å²) in [5, 5.41) is 3.02. The highest BCUT2D eigenvalue weighted by molar-refractivity contribution is 8.00. The predicted octanol–water partition coefficient (Wildman–Crippen LogP) is 2.95. The molecule has 0 atom stereocenters. The molecule has 0 aliphatic rings. The van der Waals surface area contributed by atoms with E-state index in [4.69, 9.17) is 0 Å². The normalized spacial score (nSPS) is 12.7. The Labute approximate surface area is 106 Å². The van der Waals surface area contributed by atoms with E-state index >= 15 is 0 Å². The van der Waals surface area contributed by atoms with Gasteiger partial charge in [0, 0.05) is 18.3 Å². The first-order valence-corrected chi connectivity index (χ1v) is 6.93. The lowest BCUT2D eigenvalue weighted by atomic mass is 10.2. The van der Waals surface area contributed by atoms with E-state index in [1.165, 1.54) is 0 Å². The molecular weight excluding hydrogens is 249 g/mol. The van der Waals surface area contributed by atoms with Crippen molar-refractivity contribution in [3.8, 4) is 0 Å². The number of halogens is 3. The van der Waals surface area contributed by atoms with Crippen molar-refractivity contribution in [1.82, 2.24) is 10.2 Å². The van der Waals surface area contributed by atoms with Gasteiger partial charge in [0.1, 0.15) is 0 Å². The van der Waals surface area contributed by atoms with Crippen molar-refractivity contribution in [1.29, 1.82) is 0 Å². The minimum absolute atomic E-state index is 0.0354. The van der Waals surface area contributed by atoms with Crippen LogP contribution in [0, 0.1) is 0 Å². The molecule has 0 saturated heterocycles. The molecule has 0 amide bonds. The standard InChI is InChI=1S/C11H23F3N2S/c1-10(2)16(3)8-5-4-6-15-7-9-17-11(12,13)14/h10,15H,4-9H2,1-3H3. The summed E-state index contributed by atoms with van der Waals surface area (Å²) in [6, 6.07) is 0.547. The average molecular weight is 272 g/mol. The van der Waals surface area contributed by atoms with Crippen LogP contribution in [0.3, 0.4) is 0 Å². The van der Waals surface area contributed by atoms with Crippen molar-refractivity contribution in [2.24, 2.45) is 0 Å².